The maximum Gasteiger partial charge on any atom is 0.343 e. The SMILES string of the molecule is O=C(OC1CCNCC1)[C@](O)(c1ccc(Br)cc1)[C@@H]1CCC(F)(F)C1. The summed E-state index contributed by atoms with van der Waals surface area (Å²) in [5, 5.41) is 14.4. The third-order valence-electron chi connectivity index (χ3n) is 5.15. The number of nitrogens with one attached hydrogen (secondary N) is 1. The van der Waals surface area contributed by atoms with Crippen molar-refractivity contribution in [3.05, 3.63) is 34.3 Å². The van der Waals surface area contributed by atoms with E-state index in [4.69, 9.17) is 4.74 Å². The van der Waals surface area contributed by atoms with E-state index in [1.807, 2.05) is 0 Å². The summed E-state index contributed by atoms with van der Waals surface area (Å²) in [7, 11) is 0. The van der Waals surface area contributed by atoms with Crippen molar-refractivity contribution < 1.29 is 23.4 Å². The Kier molecular flexibility index (Phi) is 5.46. The van der Waals surface area contributed by atoms with Crippen molar-refractivity contribution in [3.63, 3.8) is 0 Å². The van der Waals surface area contributed by atoms with Crippen LogP contribution in [-0.4, -0.2) is 36.2 Å². The molecule has 2 N–H and O–H groups in total. The molecule has 2 fully saturated rings. The lowest BCUT2D eigenvalue weighted by Crippen LogP contribution is -2.46. The Bertz CT molecular complexity index is 619. The lowest BCUT2D eigenvalue weighted by atomic mass is 9.80. The second-order valence-corrected chi connectivity index (χ2v) is 7.84. The van der Waals surface area contributed by atoms with Gasteiger partial charge in [-0.05, 0) is 50.0 Å². The van der Waals surface area contributed by atoms with Crippen LogP contribution in [0.4, 0.5) is 8.78 Å². The second kappa shape index (κ2) is 7.29. The zero-order valence-corrected chi connectivity index (χ0v) is 15.4. The highest BCUT2D eigenvalue weighted by molar-refractivity contribution is 9.10. The number of aliphatic hydroxyl groups is 1. The first-order chi connectivity index (χ1) is 11.8. The molecule has 0 bridgehead atoms. The highest BCUT2D eigenvalue weighted by atomic mass is 79.9. The fourth-order valence-corrected chi connectivity index (χ4v) is 3.95. The molecule has 1 saturated carbocycles. The molecule has 1 aromatic carbocycles. The van der Waals surface area contributed by atoms with Gasteiger partial charge in [-0.15, -0.1) is 0 Å². The van der Waals surface area contributed by atoms with Gasteiger partial charge >= 0.3 is 5.97 Å². The van der Waals surface area contributed by atoms with E-state index in [2.05, 4.69) is 21.2 Å². The zero-order chi connectivity index (χ0) is 18.1. The fourth-order valence-electron chi connectivity index (χ4n) is 3.69. The Labute approximate surface area is 154 Å². The van der Waals surface area contributed by atoms with Crippen molar-refractivity contribution in [2.45, 2.75) is 49.7 Å². The van der Waals surface area contributed by atoms with Gasteiger partial charge in [0.25, 0.3) is 0 Å². The van der Waals surface area contributed by atoms with Gasteiger partial charge in [-0.2, -0.15) is 0 Å². The number of halogens is 3. The summed E-state index contributed by atoms with van der Waals surface area (Å²) in [6.45, 7) is 1.46. The topological polar surface area (TPSA) is 58.6 Å². The highest BCUT2D eigenvalue weighted by Crippen LogP contribution is 2.48. The Balaban J connectivity index is 1.88. The van der Waals surface area contributed by atoms with Crippen LogP contribution in [0.2, 0.25) is 0 Å². The first kappa shape index (κ1) is 18.7. The van der Waals surface area contributed by atoms with Crippen LogP contribution >= 0.6 is 15.9 Å². The molecule has 1 aliphatic carbocycles. The number of esters is 1. The Morgan fingerprint density at radius 3 is 2.44 bits per heavy atom. The largest absolute Gasteiger partial charge is 0.460 e. The molecule has 138 valence electrons. The molecule has 2 atom stereocenters. The number of alkyl halides is 2. The lowest BCUT2D eigenvalue weighted by molar-refractivity contribution is -0.181. The summed E-state index contributed by atoms with van der Waals surface area (Å²) in [6.07, 6.45) is 0.267. The van der Waals surface area contributed by atoms with Crippen molar-refractivity contribution in [2.24, 2.45) is 5.92 Å². The summed E-state index contributed by atoms with van der Waals surface area (Å²) in [4.78, 5) is 12.9. The summed E-state index contributed by atoms with van der Waals surface area (Å²) in [6, 6.07) is 6.55. The van der Waals surface area contributed by atoms with Crippen LogP contribution in [-0.2, 0) is 15.1 Å². The highest BCUT2D eigenvalue weighted by Gasteiger charge is 2.54. The van der Waals surface area contributed by atoms with E-state index in [0.29, 0.717) is 18.4 Å². The molecule has 7 heteroatoms. The number of ether oxygens (including phenoxy) is 1. The molecule has 1 saturated heterocycles. The standard InChI is InChI=1S/C18H22BrF2NO3/c19-14-3-1-12(2-4-14)18(24,13-5-8-17(20,21)11-13)16(23)25-15-6-9-22-10-7-15/h1-4,13,15,22,24H,5-11H2/t13-,18+/m1/s1. The van der Waals surface area contributed by atoms with Crippen molar-refractivity contribution in [3.8, 4) is 0 Å². The Morgan fingerprint density at radius 2 is 1.88 bits per heavy atom. The van der Waals surface area contributed by atoms with Gasteiger partial charge in [0, 0.05) is 23.2 Å². The minimum atomic E-state index is -2.86. The van der Waals surface area contributed by atoms with Crippen LogP contribution in [0, 0.1) is 5.92 Å². The van der Waals surface area contributed by atoms with Crippen LogP contribution in [0.1, 0.15) is 37.7 Å². The van der Waals surface area contributed by atoms with E-state index in [-0.39, 0.29) is 18.9 Å². The number of piperidine rings is 1. The molecule has 2 aliphatic rings. The predicted octanol–water partition coefficient (Wildman–Crippen LogP) is 3.37. The number of benzene rings is 1. The van der Waals surface area contributed by atoms with Crippen molar-refractivity contribution in [2.75, 3.05) is 13.1 Å². The number of hydrogen-bond donors (Lipinski definition) is 2. The number of carbonyl (C=O) groups is 1. The van der Waals surface area contributed by atoms with E-state index in [0.717, 1.165) is 17.6 Å². The molecular formula is C18H22BrF2NO3. The van der Waals surface area contributed by atoms with Crippen LogP contribution < -0.4 is 5.32 Å². The minimum Gasteiger partial charge on any atom is -0.460 e. The van der Waals surface area contributed by atoms with E-state index < -0.39 is 29.8 Å². The summed E-state index contributed by atoms with van der Waals surface area (Å²) in [5.74, 6) is -4.54. The maximum absolute atomic E-state index is 13.7. The predicted molar refractivity (Wildman–Crippen MR) is 92.3 cm³/mol. The fraction of sp³-hybridized carbons (Fsp3) is 0.611. The molecule has 0 aromatic heterocycles. The Hall–Kier alpha value is -1.05. The van der Waals surface area contributed by atoms with Gasteiger partial charge in [0.2, 0.25) is 5.92 Å². The molecule has 25 heavy (non-hydrogen) atoms. The number of rotatable bonds is 4. The maximum atomic E-state index is 13.7. The van der Waals surface area contributed by atoms with Crippen molar-refractivity contribution in [1.82, 2.24) is 5.32 Å². The smallest absolute Gasteiger partial charge is 0.343 e. The van der Waals surface area contributed by atoms with Crippen molar-refractivity contribution in [1.29, 1.82) is 0 Å². The van der Waals surface area contributed by atoms with E-state index >= 15 is 0 Å². The molecule has 0 amide bonds. The quantitative estimate of drug-likeness (QED) is 0.737. The van der Waals surface area contributed by atoms with Gasteiger partial charge < -0.3 is 15.2 Å². The summed E-state index contributed by atoms with van der Waals surface area (Å²) in [5.41, 5.74) is -1.75. The minimum absolute atomic E-state index is 0.0842. The van der Waals surface area contributed by atoms with Gasteiger partial charge in [-0.1, -0.05) is 28.1 Å². The molecule has 0 unspecified atom stereocenters. The van der Waals surface area contributed by atoms with Crippen LogP contribution in [0.25, 0.3) is 0 Å². The number of hydrogen-bond acceptors (Lipinski definition) is 4. The summed E-state index contributed by atoms with van der Waals surface area (Å²) < 4.78 is 33.8. The Morgan fingerprint density at radius 1 is 1.24 bits per heavy atom. The molecule has 1 heterocycles. The van der Waals surface area contributed by atoms with Crippen LogP contribution in [0.15, 0.2) is 28.7 Å². The van der Waals surface area contributed by atoms with E-state index in [1.54, 1.807) is 24.3 Å². The van der Waals surface area contributed by atoms with Crippen LogP contribution in [0.3, 0.4) is 0 Å². The van der Waals surface area contributed by atoms with Gasteiger partial charge in [-0.25, -0.2) is 13.6 Å². The van der Waals surface area contributed by atoms with Gasteiger partial charge in [0.1, 0.15) is 6.10 Å². The van der Waals surface area contributed by atoms with Crippen molar-refractivity contribution >= 4 is 21.9 Å². The van der Waals surface area contributed by atoms with Gasteiger partial charge in [0.05, 0.1) is 0 Å². The first-order valence-electron chi connectivity index (χ1n) is 8.59. The average molecular weight is 418 g/mol. The van der Waals surface area contributed by atoms with Gasteiger partial charge in [0.15, 0.2) is 5.60 Å². The third kappa shape index (κ3) is 4.04. The number of carbonyl (C=O) groups excluding carboxylic acids is 1. The molecule has 0 spiro atoms. The average Bonchev–Trinajstić information content (AvgIpc) is 2.96. The molecular weight excluding hydrogens is 396 g/mol. The molecule has 1 aliphatic heterocycles. The third-order valence-corrected chi connectivity index (χ3v) is 5.68. The second-order valence-electron chi connectivity index (χ2n) is 6.92. The van der Waals surface area contributed by atoms with E-state index in [9.17, 15) is 18.7 Å². The molecule has 4 nitrogen and oxygen atoms in total. The molecule has 3 rings (SSSR count). The first-order valence-corrected chi connectivity index (χ1v) is 9.38. The molecule has 1 aromatic rings. The molecule has 0 radical (unpaired) electrons. The monoisotopic (exact) mass is 417 g/mol. The lowest BCUT2D eigenvalue weighted by Gasteiger charge is -2.34. The zero-order valence-electron chi connectivity index (χ0n) is 13.8. The normalized spacial score (nSPS) is 26.2. The van der Waals surface area contributed by atoms with E-state index in [1.165, 1.54) is 0 Å². The van der Waals surface area contributed by atoms with Gasteiger partial charge in [-0.3, -0.25) is 0 Å². The van der Waals surface area contributed by atoms with Crippen LogP contribution in [0.5, 0.6) is 0 Å². The summed E-state index contributed by atoms with van der Waals surface area (Å²) >= 11 is 3.31.